The minimum absolute atomic E-state index is 0.140. The van der Waals surface area contributed by atoms with E-state index >= 15 is 0 Å². The van der Waals surface area contributed by atoms with Gasteiger partial charge >= 0.3 is 0 Å². The van der Waals surface area contributed by atoms with E-state index in [4.69, 9.17) is 5.73 Å². The molecule has 4 nitrogen and oxygen atoms in total. The maximum atomic E-state index is 6.11. The van der Waals surface area contributed by atoms with E-state index in [0.717, 1.165) is 18.6 Å². The number of nitrogens with two attached hydrogens (primary N) is 1. The molecule has 2 aromatic rings. The van der Waals surface area contributed by atoms with Crippen LogP contribution in [-0.2, 0) is 13.5 Å². The lowest BCUT2D eigenvalue weighted by molar-refractivity contribution is 0.595. The zero-order chi connectivity index (χ0) is 11.3. The van der Waals surface area contributed by atoms with Crippen LogP contribution in [0.15, 0.2) is 12.4 Å². The third kappa shape index (κ3) is 1.45. The molecule has 0 radical (unpaired) electrons. The van der Waals surface area contributed by atoms with Gasteiger partial charge in [0.1, 0.15) is 0 Å². The van der Waals surface area contributed by atoms with Crippen molar-refractivity contribution in [3.05, 3.63) is 23.8 Å². The number of fused-ring (bicyclic) bond motifs is 1. The summed E-state index contributed by atoms with van der Waals surface area (Å²) < 4.78 is 4.31. The van der Waals surface area contributed by atoms with E-state index in [9.17, 15) is 0 Å². The molecule has 1 saturated carbocycles. The van der Waals surface area contributed by atoms with Gasteiger partial charge in [-0.15, -0.1) is 0 Å². The molecule has 0 aromatic carbocycles. The minimum Gasteiger partial charge on any atom is -0.325 e. The molecule has 0 spiro atoms. The molecule has 16 heavy (non-hydrogen) atoms. The molecular weight excluding hydrogens is 200 g/mol. The molecule has 86 valence electrons. The van der Waals surface area contributed by atoms with E-state index in [1.807, 2.05) is 6.20 Å². The zero-order valence-electron chi connectivity index (χ0n) is 9.90. The van der Waals surface area contributed by atoms with Crippen LogP contribution in [0.3, 0.4) is 0 Å². The van der Waals surface area contributed by atoms with Crippen molar-refractivity contribution in [1.82, 2.24) is 14.0 Å². The highest BCUT2D eigenvalue weighted by molar-refractivity contribution is 5.36. The number of nitrogens with zero attached hydrogens (tertiary/aromatic N) is 3. The highest BCUT2D eigenvalue weighted by Gasteiger charge is 2.37. The predicted molar refractivity (Wildman–Crippen MR) is 63.4 cm³/mol. The Morgan fingerprint density at radius 2 is 2.25 bits per heavy atom. The molecular formula is C12H18N4. The van der Waals surface area contributed by atoms with Gasteiger partial charge in [0.2, 0.25) is 5.78 Å². The fraction of sp³-hybridized carbons (Fsp3) is 0.583. The van der Waals surface area contributed by atoms with Crippen molar-refractivity contribution in [2.75, 3.05) is 0 Å². The molecule has 0 bridgehead atoms. The molecule has 0 amide bonds. The number of hydrogen-bond donors (Lipinski definition) is 1. The Labute approximate surface area is 95.1 Å². The highest BCUT2D eigenvalue weighted by Crippen LogP contribution is 2.36. The number of imidazole rings is 2. The largest absolute Gasteiger partial charge is 0.325 e. The van der Waals surface area contributed by atoms with Crippen LogP contribution in [-0.4, -0.2) is 19.5 Å². The second-order valence-corrected chi connectivity index (χ2v) is 5.11. The summed E-state index contributed by atoms with van der Waals surface area (Å²) in [6.45, 7) is 2.08. The van der Waals surface area contributed by atoms with Crippen LogP contribution in [0.4, 0.5) is 0 Å². The van der Waals surface area contributed by atoms with Gasteiger partial charge in [-0.05, 0) is 32.6 Å². The van der Waals surface area contributed by atoms with Crippen molar-refractivity contribution in [2.45, 2.75) is 38.1 Å². The third-order valence-electron chi connectivity index (χ3n) is 3.74. The van der Waals surface area contributed by atoms with Crippen LogP contribution < -0.4 is 5.73 Å². The first-order valence-electron chi connectivity index (χ1n) is 5.86. The van der Waals surface area contributed by atoms with Crippen molar-refractivity contribution in [2.24, 2.45) is 12.8 Å². The number of rotatable bonds is 3. The molecule has 0 unspecified atom stereocenters. The van der Waals surface area contributed by atoms with Crippen LogP contribution in [0.5, 0.6) is 0 Å². The van der Waals surface area contributed by atoms with Crippen molar-refractivity contribution < 1.29 is 0 Å². The van der Waals surface area contributed by atoms with Gasteiger partial charge in [-0.25, -0.2) is 4.98 Å². The first-order valence-corrected chi connectivity index (χ1v) is 5.86. The average molecular weight is 218 g/mol. The van der Waals surface area contributed by atoms with Gasteiger partial charge in [-0.1, -0.05) is 0 Å². The molecule has 1 aliphatic rings. The summed E-state index contributed by atoms with van der Waals surface area (Å²) in [5, 5.41) is 0. The first kappa shape index (κ1) is 9.90. The van der Waals surface area contributed by atoms with Crippen LogP contribution in [0.2, 0.25) is 0 Å². The second-order valence-electron chi connectivity index (χ2n) is 5.11. The quantitative estimate of drug-likeness (QED) is 0.846. The van der Waals surface area contributed by atoms with Gasteiger partial charge in [-0.3, -0.25) is 4.40 Å². The summed E-state index contributed by atoms with van der Waals surface area (Å²) in [5.74, 6) is 1.02. The monoisotopic (exact) mass is 218 g/mol. The molecule has 1 fully saturated rings. The Hall–Kier alpha value is -1.29. The molecule has 3 rings (SSSR count). The van der Waals surface area contributed by atoms with E-state index in [0.29, 0.717) is 0 Å². The molecule has 2 N–H and O–H groups in total. The van der Waals surface area contributed by atoms with Gasteiger partial charge in [0.05, 0.1) is 6.20 Å². The van der Waals surface area contributed by atoms with Crippen molar-refractivity contribution >= 4 is 5.78 Å². The molecule has 0 atom stereocenters. The predicted octanol–water partition coefficient (Wildman–Crippen LogP) is 1.41. The lowest BCUT2D eigenvalue weighted by Gasteiger charge is -2.07. The van der Waals surface area contributed by atoms with Gasteiger partial charge in [0, 0.05) is 30.2 Å². The zero-order valence-corrected chi connectivity index (χ0v) is 9.90. The van der Waals surface area contributed by atoms with Gasteiger partial charge in [0.25, 0.3) is 0 Å². The Balaban J connectivity index is 1.88. The lowest BCUT2D eigenvalue weighted by Crippen LogP contribution is -2.22. The Morgan fingerprint density at radius 3 is 2.88 bits per heavy atom. The summed E-state index contributed by atoms with van der Waals surface area (Å²) in [6.07, 6.45) is 8.61. The third-order valence-corrected chi connectivity index (χ3v) is 3.74. The lowest BCUT2D eigenvalue weighted by atomic mass is 10.1. The second kappa shape index (κ2) is 3.10. The van der Waals surface area contributed by atoms with E-state index in [1.54, 1.807) is 0 Å². The van der Waals surface area contributed by atoms with Gasteiger partial charge in [-0.2, -0.15) is 0 Å². The summed E-state index contributed by atoms with van der Waals surface area (Å²) in [5.41, 5.74) is 8.76. The molecule has 0 aliphatic heterocycles. The van der Waals surface area contributed by atoms with Gasteiger partial charge in [0.15, 0.2) is 0 Å². The maximum absolute atomic E-state index is 6.11. The van der Waals surface area contributed by atoms with Crippen LogP contribution in [0.1, 0.15) is 30.7 Å². The smallest absolute Gasteiger partial charge is 0.214 e. The fourth-order valence-electron chi connectivity index (χ4n) is 2.22. The van der Waals surface area contributed by atoms with E-state index < -0.39 is 0 Å². The fourth-order valence-corrected chi connectivity index (χ4v) is 2.22. The van der Waals surface area contributed by atoms with Gasteiger partial charge < -0.3 is 10.3 Å². The summed E-state index contributed by atoms with van der Waals surface area (Å²) in [4.78, 5) is 4.39. The first-order chi connectivity index (χ1) is 7.59. The van der Waals surface area contributed by atoms with E-state index in [1.165, 1.54) is 24.2 Å². The summed E-state index contributed by atoms with van der Waals surface area (Å²) in [6, 6.07) is 0. The van der Waals surface area contributed by atoms with Crippen molar-refractivity contribution in [3.63, 3.8) is 0 Å². The molecule has 4 heteroatoms. The minimum atomic E-state index is 0.140. The molecule has 2 aromatic heterocycles. The van der Waals surface area contributed by atoms with Crippen LogP contribution >= 0.6 is 0 Å². The van der Waals surface area contributed by atoms with Crippen LogP contribution in [0, 0.1) is 6.92 Å². The molecule has 2 heterocycles. The molecule has 0 saturated heterocycles. The van der Waals surface area contributed by atoms with Crippen molar-refractivity contribution in [3.8, 4) is 0 Å². The Morgan fingerprint density at radius 1 is 1.50 bits per heavy atom. The topological polar surface area (TPSA) is 48.2 Å². The van der Waals surface area contributed by atoms with E-state index in [2.05, 4.69) is 34.1 Å². The normalized spacial score (nSPS) is 18.2. The Kier molecular flexibility index (Phi) is 1.92. The average Bonchev–Trinajstić information content (AvgIpc) is 2.75. The Bertz CT molecular complexity index is 530. The standard InChI is InChI=1S/C12H18N4/c1-9-7-14-11-15(2)10(8-16(9)11)3-4-12(13)5-6-12/h7-8H,3-6,13H2,1-2H3. The van der Waals surface area contributed by atoms with Crippen LogP contribution in [0.25, 0.3) is 5.78 Å². The SMILES string of the molecule is Cc1cnc2n(C)c(CCC3(N)CC3)cn12. The maximum Gasteiger partial charge on any atom is 0.214 e. The van der Waals surface area contributed by atoms with E-state index in [-0.39, 0.29) is 5.54 Å². The number of aryl methyl sites for hydroxylation is 3. The summed E-state index contributed by atoms with van der Waals surface area (Å²) in [7, 11) is 2.08. The summed E-state index contributed by atoms with van der Waals surface area (Å²) >= 11 is 0. The van der Waals surface area contributed by atoms with Crippen molar-refractivity contribution in [1.29, 1.82) is 0 Å². The number of aromatic nitrogens is 3. The molecule has 1 aliphatic carbocycles. The number of hydrogen-bond acceptors (Lipinski definition) is 2. The highest BCUT2D eigenvalue weighted by atomic mass is 15.2.